The first-order valence-corrected chi connectivity index (χ1v) is 6.84. The van der Waals surface area contributed by atoms with Crippen molar-refractivity contribution in [3.8, 4) is 16.9 Å². The second-order valence-electron chi connectivity index (χ2n) is 4.80. The Morgan fingerprint density at radius 2 is 1.64 bits per heavy atom. The maximum Gasteiger partial charge on any atom is 0.257 e. The second-order valence-corrected chi connectivity index (χ2v) is 4.80. The topological polar surface area (TPSA) is 62.2 Å². The molecule has 0 atom stereocenters. The Labute approximate surface area is 128 Å². The molecule has 108 valence electrons. The highest BCUT2D eigenvalue weighted by Crippen LogP contribution is 2.23. The van der Waals surface area contributed by atoms with E-state index < -0.39 is 0 Å². The zero-order valence-electron chi connectivity index (χ0n) is 11.7. The first-order chi connectivity index (χ1) is 10.7. The van der Waals surface area contributed by atoms with Gasteiger partial charge in [0.1, 0.15) is 5.75 Å². The van der Waals surface area contributed by atoms with Crippen LogP contribution < -0.4 is 5.32 Å². The number of nitrogens with zero attached hydrogens (tertiary/aromatic N) is 1. The van der Waals surface area contributed by atoms with Gasteiger partial charge in [-0.2, -0.15) is 0 Å². The molecule has 0 spiro atoms. The number of aromatic nitrogens is 1. The lowest BCUT2D eigenvalue weighted by Gasteiger charge is -2.08. The summed E-state index contributed by atoms with van der Waals surface area (Å²) < 4.78 is 0. The van der Waals surface area contributed by atoms with Gasteiger partial charge in [0.25, 0.3) is 5.91 Å². The predicted molar refractivity (Wildman–Crippen MR) is 85.7 cm³/mol. The van der Waals surface area contributed by atoms with Crippen LogP contribution in [0.25, 0.3) is 11.1 Å². The number of nitrogens with one attached hydrogen (secondary N) is 1. The molecule has 0 aliphatic heterocycles. The molecule has 2 aromatic carbocycles. The number of para-hydroxylation sites is 2. The summed E-state index contributed by atoms with van der Waals surface area (Å²) in [5, 5.41) is 12.4. The van der Waals surface area contributed by atoms with Crippen LogP contribution in [-0.2, 0) is 0 Å². The molecule has 3 rings (SSSR count). The third-order valence-corrected chi connectivity index (χ3v) is 3.26. The number of benzene rings is 2. The standard InChI is InChI=1S/C18H14N2O2/c21-17-9-5-4-8-16(17)20-18(22)15-10-14(11-19-12-15)13-6-2-1-3-7-13/h1-12,21H,(H,20,22). The van der Waals surface area contributed by atoms with Crippen molar-refractivity contribution in [2.24, 2.45) is 0 Å². The van der Waals surface area contributed by atoms with Crippen molar-refractivity contribution in [1.82, 2.24) is 4.98 Å². The van der Waals surface area contributed by atoms with Gasteiger partial charge < -0.3 is 10.4 Å². The number of phenols is 1. The lowest BCUT2D eigenvalue weighted by atomic mass is 10.1. The van der Waals surface area contributed by atoms with Crippen molar-refractivity contribution in [3.05, 3.63) is 78.6 Å². The zero-order valence-corrected chi connectivity index (χ0v) is 11.7. The van der Waals surface area contributed by atoms with E-state index in [0.717, 1.165) is 11.1 Å². The summed E-state index contributed by atoms with van der Waals surface area (Å²) in [5.74, 6) is -0.283. The van der Waals surface area contributed by atoms with E-state index in [-0.39, 0.29) is 11.7 Å². The smallest absolute Gasteiger partial charge is 0.257 e. The molecule has 3 aromatic rings. The minimum atomic E-state index is -0.313. The Hall–Kier alpha value is -3.14. The fourth-order valence-corrected chi connectivity index (χ4v) is 2.13. The van der Waals surface area contributed by atoms with Crippen molar-refractivity contribution >= 4 is 11.6 Å². The van der Waals surface area contributed by atoms with E-state index >= 15 is 0 Å². The number of carbonyl (C=O) groups excluding carboxylic acids is 1. The van der Waals surface area contributed by atoms with Crippen LogP contribution in [-0.4, -0.2) is 16.0 Å². The number of anilines is 1. The second kappa shape index (κ2) is 6.10. The quantitative estimate of drug-likeness (QED) is 0.723. The van der Waals surface area contributed by atoms with Crippen LogP contribution in [0.3, 0.4) is 0 Å². The highest BCUT2D eigenvalue weighted by Gasteiger charge is 2.10. The number of aromatic hydroxyl groups is 1. The van der Waals surface area contributed by atoms with Gasteiger partial charge in [0.2, 0.25) is 0 Å². The van der Waals surface area contributed by atoms with Gasteiger partial charge in [0, 0.05) is 18.0 Å². The van der Waals surface area contributed by atoms with Crippen LogP contribution in [0.5, 0.6) is 5.75 Å². The number of phenolic OH excluding ortho intramolecular Hbond substituents is 1. The fourth-order valence-electron chi connectivity index (χ4n) is 2.13. The first kappa shape index (κ1) is 13.8. The molecule has 2 N–H and O–H groups in total. The van der Waals surface area contributed by atoms with Crippen LogP contribution in [0, 0.1) is 0 Å². The molecule has 0 saturated carbocycles. The summed E-state index contributed by atoms with van der Waals surface area (Å²) in [6.07, 6.45) is 3.22. The van der Waals surface area contributed by atoms with E-state index in [9.17, 15) is 9.90 Å². The molecular weight excluding hydrogens is 276 g/mol. The molecule has 0 aliphatic carbocycles. The van der Waals surface area contributed by atoms with Crippen molar-refractivity contribution in [3.63, 3.8) is 0 Å². The molecular formula is C18H14N2O2. The number of hydrogen-bond acceptors (Lipinski definition) is 3. The lowest BCUT2D eigenvalue weighted by molar-refractivity contribution is 0.102. The van der Waals surface area contributed by atoms with Gasteiger partial charge >= 0.3 is 0 Å². The minimum Gasteiger partial charge on any atom is -0.506 e. The highest BCUT2D eigenvalue weighted by molar-refractivity contribution is 6.05. The van der Waals surface area contributed by atoms with Gasteiger partial charge in [0.05, 0.1) is 11.3 Å². The lowest BCUT2D eigenvalue weighted by Crippen LogP contribution is -2.12. The fraction of sp³-hybridized carbons (Fsp3) is 0. The van der Waals surface area contributed by atoms with E-state index in [1.165, 1.54) is 12.3 Å². The molecule has 4 heteroatoms. The van der Waals surface area contributed by atoms with E-state index in [4.69, 9.17) is 0 Å². The molecule has 0 aliphatic rings. The SMILES string of the molecule is O=C(Nc1ccccc1O)c1cncc(-c2ccccc2)c1. The summed E-state index contributed by atoms with van der Waals surface area (Å²) in [6.45, 7) is 0. The van der Waals surface area contributed by atoms with Crippen LogP contribution in [0.4, 0.5) is 5.69 Å². The monoisotopic (exact) mass is 290 g/mol. The van der Waals surface area contributed by atoms with Gasteiger partial charge in [-0.05, 0) is 23.8 Å². The molecule has 0 bridgehead atoms. The van der Waals surface area contributed by atoms with E-state index in [1.54, 1.807) is 30.5 Å². The molecule has 0 saturated heterocycles. The van der Waals surface area contributed by atoms with Crippen LogP contribution in [0.1, 0.15) is 10.4 Å². The van der Waals surface area contributed by atoms with Crippen LogP contribution in [0.15, 0.2) is 73.1 Å². The third kappa shape index (κ3) is 2.96. The summed E-state index contributed by atoms with van der Waals surface area (Å²) in [5.41, 5.74) is 2.67. The molecule has 1 aromatic heterocycles. The normalized spacial score (nSPS) is 10.2. The maximum atomic E-state index is 12.3. The van der Waals surface area contributed by atoms with Crippen molar-refractivity contribution in [1.29, 1.82) is 0 Å². The van der Waals surface area contributed by atoms with Gasteiger partial charge in [0.15, 0.2) is 0 Å². The molecule has 0 fully saturated rings. The average molecular weight is 290 g/mol. The molecule has 0 unspecified atom stereocenters. The first-order valence-electron chi connectivity index (χ1n) is 6.84. The summed E-state index contributed by atoms with van der Waals surface area (Å²) in [6, 6.07) is 18.1. The molecule has 1 amide bonds. The predicted octanol–water partition coefficient (Wildman–Crippen LogP) is 3.71. The molecule has 1 heterocycles. The Bertz CT molecular complexity index is 801. The van der Waals surface area contributed by atoms with Gasteiger partial charge in [-0.1, -0.05) is 42.5 Å². The third-order valence-electron chi connectivity index (χ3n) is 3.26. The van der Waals surface area contributed by atoms with Crippen molar-refractivity contribution in [2.45, 2.75) is 0 Å². The van der Waals surface area contributed by atoms with Gasteiger partial charge in [-0.3, -0.25) is 9.78 Å². The van der Waals surface area contributed by atoms with Gasteiger partial charge in [-0.25, -0.2) is 0 Å². The summed E-state index contributed by atoms with van der Waals surface area (Å²) >= 11 is 0. The number of carbonyl (C=O) groups is 1. The summed E-state index contributed by atoms with van der Waals surface area (Å²) in [7, 11) is 0. The number of amides is 1. The minimum absolute atomic E-state index is 0.0306. The Balaban J connectivity index is 1.86. The van der Waals surface area contributed by atoms with E-state index in [2.05, 4.69) is 10.3 Å². The number of hydrogen-bond donors (Lipinski definition) is 2. The van der Waals surface area contributed by atoms with Crippen LogP contribution in [0.2, 0.25) is 0 Å². The molecule has 0 radical (unpaired) electrons. The Kier molecular flexibility index (Phi) is 3.83. The molecule has 22 heavy (non-hydrogen) atoms. The Morgan fingerprint density at radius 1 is 0.909 bits per heavy atom. The van der Waals surface area contributed by atoms with Crippen molar-refractivity contribution in [2.75, 3.05) is 5.32 Å². The summed E-state index contributed by atoms with van der Waals surface area (Å²) in [4.78, 5) is 16.4. The highest BCUT2D eigenvalue weighted by atomic mass is 16.3. The Morgan fingerprint density at radius 3 is 2.41 bits per heavy atom. The maximum absolute atomic E-state index is 12.3. The number of pyridine rings is 1. The van der Waals surface area contributed by atoms with E-state index in [1.807, 2.05) is 30.3 Å². The largest absolute Gasteiger partial charge is 0.506 e. The average Bonchev–Trinajstić information content (AvgIpc) is 2.58. The van der Waals surface area contributed by atoms with E-state index in [0.29, 0.717) is 11.3 Å². The van der Waals surface area contributed by atoms with Crippen molar-refractivity contribution < 1.29 is 9.90 Å². The zero-order chi connectivity index (χ0) is 15.4. The van der Waals surface area contributed by atoms with Crippen LogP contribution >= 0.6 is 0 Å². The van der Waals surface area contributed by atoms with Gasteiger partial charge in [-0.15, -0.1) is 0 Å². The number of rotatable bonds is 3. The molecule has 4 nitrogen and oxygen atoms in total.